The average Bonchev–Trinajstić information content (AvgIpc) is 2.15. The summed E-state index contributed by atoms with van der Waals surface area (Å²) in [6.07, 6.45) is 1.22. The summed E-state index contributed by atoms with van der Waals surface area (Å²) >= 11 is 0. The van der Waals surface area contributed by atoms with Crippen LogP contribution in [0.2, 0.25) is 0 Å². The van der Waals surface area contributed by atoms with E-state index in [0.29, 0.717) is 0 Å². The molecule has 0 aliphatic rings. The van der Waals surface area contributed by atoms with E-state index >= 15 is 0 Å². The zero-order chi connectivity index (χ0) is 10.6. The van der Waals surface area contributed by atoms with Crippen LogP contribution in [0.4, 0.5) is 11.4 Å². The van der Waals surface area contributed by atoms with Gasteiger partial charge in [-0.25, -0.2) is 0 Å². The second-order valence-electron chi connectivity index (χ2n) is 4.20. The van der Waals surface area contributed by atoms with Crippen LogP contribution in [-0.2, 0) is 0 Å². The van der Waals surface area contributed by atoms with Crippen molar-refractivity contribution in [3.05, 3.63) is 24.3 Å². The van der Waals surface area contributed by atoms with Gasteiger partial charge in [0.25, 0.3) is 0 Å². The number of benzene rings is 1. The van der Waals surface area contributed by atoms with Gasteiger partial charge in [-0.05, 0) is 36.6 Å². The maximum Gasteiger partial charge on any atom is 0.0365 e. The van der Waals surface area contributed by atoms with Gasteiger partial charge in [0, 0.05) is 25.0 Å². The molecule has 0 fully saturated rings. The maximum atomic E-state index is 5.63. The van der Waals surface area contributed by atoms with E-state index in [1.807, 2.05) is 12.1 Å². The summed E-state index contributed by atoms with van der Waals surface area (Å²) in [5, 5.41) is 0. The Morgan fingerprint density at radius 3 is 2.29 bits per heavy atom. The molecule has 0 bridgehead atoms. The van der Waals surface area contributed by atoms with E-state index in [4.69, 9.17) is 5.73 Å². The van der Waals surface area contributed by atoms with Crippen LogP contribution < -0.4 is 10.6 Å². The lowest BCUT2D eigenvalue weighted by Crippen LogP contribution is -2.19. The van der Waals surface area contributed by atoms with E-state index in [-0.39, 0.29) is 0 Å². The molecule has 14 heavy (non-hydrogen) atoms. The first-order valence-electron chi connectivity index (χ1n) is 5.16. The molecule has 1 aromatic carbocycles. The lowest BCUT2D eigenvalue weighted by Gasteiger charge is -2.20. The van der Waals surface area contributed by atoms with Gasteiger partial charge in [-0.3, -0.25) is 0 Å². The van der Waals surface area contributed by atoms with Crippen molar-refractivity contribution in [1.29, 1.82) is 0 Å². The Labute approximate surface area is 86.7 Å². The molecule has 2 N–H and O–H groups in total. The Morgan fingerprint density at radius 1 is 1.21 bits per heavy atom. The second kappa shape index (κ2) is 4.89. The molecule has 1 rings (SSSR count). The third kappa shape index (κ3) is 3.29. The fraction of sp³-hybridized carbons (Fsp3) is 0.500. The molecule has 78 valence electrons. The highest BCUT2D eigenvalue weighted by Crippen LogP contribution is 2.15. The van der Waals surface area contributed by atoms with Gasteiger partial charge in [0.1, 0.15) is 0 Å². The Kier molecular flexibility index (Phi) is 3.81. The number of nitrogens with two attached hydrogens (primary N) is 1. The van der Waals surface area contributed by atoms with E-state index in [2.05, 4.69) is 37.9 Å². The van der Waals surface area contributed by atoms with E-state index in [1.165, 1.54) is 12.1 Å². The maximum absolute atomic E-state index is 5.63. The molecule has 0 unspecified atom stereocenters. The first-order valence-corrected chi connectivity index (χ1v) is 5.16. The van der Waals surface area contributed by atoms with Crippen LogP contribution in [0.1, 0.15) is 20.3 Å². The summed E-state index contributed by atoms with van der Waals surface area (Å²) in [7, 11) is 2.12. The standard InChI is InChI=1S/C12H20N2/c1-10(2)8-9-14(3)12-6-4-11(13)5-7-12/h4-7,10H,8-9,13H2,1-3H3. The van der Waals surface area contributed by atoms with Gasteiger partial charge in [-0.2, -0.15) is 0 Å². The van der Waals surface area contributed by atoms with E-state index in [1.54, 1.807) is 0 Å². The predicted molar refractivity (Wildman–Crippen MR) is 63.6 cm³/mol. The summed E-state index contributed by atoms with van der Waals surface area (Å²) < 4.78 is 0. The fourth-order valence-corrected chi connectivity index (χ4v) is 1.31. The highest BCUT2D eigenvalue weighted by atomic mass is 15.1. The summed E-state index contributed by atoms with van der Waals surface area (Å²) in [5.41, 5.74) is 7.69. The van der Waals surface area contributed by atoms with Crippen molar-refractivity contribution in [3.8, 4) is 0 Å². The number of hydrogen-bond acceptors (Lipinski definition) is 2. The van der Waals surface area contributed by atoms with Crippen molar-refractivity contribution in [3.63, 3.8) is 0 Å². The molecule has 0 aliphatic carbocycles. The van der Waals surface area contributed by atoms with Crippen LogP contribution in [0.5, 0.6) is 0 Å². The van der Waals surface area contributed by atoms with Gasteiger partial charge < -0.3 is 10.6 Å². The number of anilines is 2. The third-order valence-corrected chi connectivity index (χ3v) is 2.38. The van der Waals surface area contributed by atoms with Crippen molar-refractivity contribution in [2.45, 2.75) is 20.3 Å². The Balaban J connectivity index is 2.52. The van der Waals surface area contributed by atoms with Gasteiger partial charge in [0.15, 0.2) is 0 Å². The minimum absolute atomic E-state index is 0.756. The van der Waals surface area contributed by atoms with Crippen LogP contribution >= 0.6 is 0 Å². The Morgan fingerprint density at radius 2 is 1.79 bits per heavy atom. The van der Waals surface area contributed by atoms with Crippen molar-refractivity contribution >= 4 is 11.4 Å². The number of hydrogen-bond donors (Lipinski definition) is 1. The fourth-order valence-electron chi connectivity index (χ4n) is 1.31. The van der Waals surface area contributed by atoms with Crippen LogP contribution in [0.3, 0.4) is 0 Å². The zero-order valence-electron chi connectivity index (χ0n) is 9.33. The largest absolute Gasteiger partial charge is 0.399 e. The zero-order valence-corrected chi connectivity index (χ0v) is 9.33. The normalized spacial score (nSPS) is 10.6. The molecule has 0 aromatic heterocycles. The number of nitrogens with zero attached hydrogens (tertiary/aromatic N) is 1. The summed E-state index contributed by atoms with van der Waals surface area (Å²) in [6.45, 7) is 5.59. The van der Waals surface area contributed by atoms with E-state index in [9.17, 15) is 0 Å². The highest BCUT2D eigenvalue weighted by molar-refractivity contribution is 5.52. The van der Waals surface area contributed by atoms with Crippen LogP contribution in [0, 0.1) is 5.92 Å². The van der Waals surface area contributed by atoms with Crippen molar-refractivity contribution in [1.82, 2.24) is 0 Å². The molecule has 0 amide bonds. The minimum Gasteiger partial charge on any atom is -0.399 e. The van der Waals surface area contributed by atoms with Gasteiger partial charge in [-0.1, -0.05) is 13.8 Å². The lowest BCUT2D eigenvalue weighted by atomic mass is 10.1. The van der Waals surface area contributed by atoms with Crippen molar-refractivity contribution < 1.29 is 0 Å². The molecule has 0 heterocycles. The smallest absolute Gasteiger partial charge is 0.0365 e. The van der Waals surface area contributed by atoms with Gasteiger partial charge in [0.05, 0.1) is 0 Å². The second-order valence-corrected chi connectivity index (χ2v) is 4.20. The molecule has 2 heteroatoms. The summed E-state index contributed by atoms with van der Waals surface area (Å²) in [4.78, 5) is 2.26. The molecule has 0 aliphatic heterocycles. The summed E-state index contributed by atoms with van der Waals surface area (Å²) in [6, 6.07) is 8.02. The van der Waals surface area contributed by atoms with Crippen LogP contribution in [-0.4, -0.2) is 13.6 Å². The molecular weight excluding hydrogens is 172 g/mol. The molecule has 0 saturated heterocycles. The van der Waals surface area contributed by atoms with Gasteiger partial charge in [-0.15, -0.1) is 0 Å². The Hall–Kier alpha value is -1.18. The number of nitrogen functional groups attached to an aromatic ring is 1. The van der Waals surface area contributed by atoms with E-state index in [0.717, 1.165) is 18.2 Å². The molecule has 0 spiro atoms. The third-order valence-electron chi connectivity index (χ3n) is 2.38. The van der Waals surface area contributed by atoms with Crippen molar-refractivity contribution in [2.24, 2.45) is 5.92 Å². The average molecular weight is 192 g/mol. The quantitative estimate of drug-likeness (QED) is 0.743. The first-order chi connectivity index (χ1) is 6.59. The topological polar surface area (TPSA) is 29.3 Å². The molecule has 1 aromatic rings. The highest BCUT2D eigenvalue weighted by Gasteiger charge is 2.01. The Bertz CT molecular complexity index is 264. The molecule has 0 atom stereocenters. The molecule has 0 radical (unpaired) electrons. The molecule has 2 nitrogen and oxygen atoms in total. The van der Waals surface area contributed by atoms with E-state index < -0.39 is 0 Å². The van der Waals surface area contributed by atoms with Crippen molar-refractivity contribution in [2.75, 3.05) is 24.2 Å². The lowest BCUT2D eigenvalue weighted by molar-refractivity contribution is 0.585. The minimum atomic E-state index is 0.756. The first kappa shape index (κ1) is 10.9. The monoisotopic (exact) mass is 192 g/mol. The van der Waals surface area contributed by atoms with Gasteiger partial charge in [0.2, 0.25) is 0 Å². The predicted octanol–water partition coefficient (Wildman–Crippen LogP) is 2.75. The molecule has 0 saturated carbocycles. The van der Waals surface area contributed by atoms with Gasteiger partial charge >= 0.3 is 0 Å². The molecular formula is C12H20N2. The SMILES string of the molecule is CC(C)CCN(C)c1ccc(N)cc1. The summed E-state index contributed by atoms with van der Waals surface area (Å²) in [5.74, 6) is 0.756. The number of rotatable bonds is 4. The van der Waals surface area contributed by atoms with Crippen LogP contribution in [0.15, 0.2) is 24.3 Å². The van der Waals surface area contributed by atoms with Crippen LogP contribution in [0.25, 0.3) is 0 Å².